The van der Waals surface area contributed by atoms with Crippen molar-refractivity contribution in [3.63, 3.8) is 0 Å². The third-order valence-electron chi connectivity index (χ3n) is 2.60. The molecule has 100 valence electrons. The van der Waals surface area contributed by atoms with Crippen LogP contribution in [0.4, 0.5) is 10.1 Å². The van der Waals surface area contributed by atoms with Gasteiger partial charge in [0.05, 0.1) is 11.0 Å². The molecule has 1 unspecified atom stereocenters. The van der Waals surface area contributed by atoms with Crippen molar-refractivity contribution in [1.29, 1.82) is 0 Å². The minimum Gasteiger partial charge on any atom is -0.396 e. The average molecular weight is 256 g/mol. The third kappa shape index (κ3) is 4.77. The lowest BCUT2D eigenvalue weighted by atomic mass is 10.1. The molecule has 1 aromatic carbocycles. The topological polar surface area (TPSA) is 75.4 Å². The maximum absolute atomic E-state index is 13.1. The Balaban J connectivity index is 2.54. The number of benzene rings is 1. The Morgan fingerprint density at radius 1 is 1.50 bits per heavy atom. The fourth-order valence-electron chi connectivity index (χ4n) is 1.63. The summed E-state index contributed by atoms with van der Waals surface area (Å²) in [4.78, 5) is 9.95. The second-order valence-corrected chi connectivity index (χ2v) is 4.32. The van der Waals surface area contributed by atoms with Crippen LogP contribution in [0, 0.1) is 21.8 Å². The number of aliphatic hydroxyl groups is 1. The van der Waals surface area contributed by atoms with Gasteiger partial charge in [-0.3, -0.25) is 10.1 Å². The van der Waals surface area contributed by atoms with Crippen LogP contribution in [0.25, 0.3) is 0 Å². The van der Waals surface area contributed by atoms with E-state index in [1.807, 2.05) is 6.92 Å². The van der Waals surface area contributed by atoms with Crippen molar-refractivity contribution in [2.75, 3.05) is 13.2 Å². The fraction of sp³-hybridized carbons (Fsp3) is 0.500. The maximum atomic E-state index is 13.1. The van der Waals surface area contributed by atoms with E-state index < -0.39 is 10.7 Å². The quantitative estimate of drug-likeness (QED) is 0.576. The summed E-state index contributed by atoms with van der Waals surface area (Å²) in [6.07, 6.45) is 0.691. The van der Waals surface area contributed by atoms with Gasteiger partial charge in [-0.1, -0.05) is 6.92 Å². The minimum atomic E-state index is -0.610. The van der Waals surface area contributed by atoms with E-state index in [0.717, 1.165) is 6.07 Å². The summed E-state index contributed by atoms with van der Waals surface area (Å²) in [6.45, 7) is 3.16. The van der Waals surface area contributed by atoms with Gasteiger partial charge >= 0.3 is 0 Å². The Morgan fingerprint density at radius 3 is 2.83 bits per heavy atom. The molecule has 0 saturated carbocycles. The number of nitrogens with zero attached hydrogens (tertiary/aromatic N) is 1. The van der Waals surface area contributed by atoms with E-state index in [4.69, 9.17) is 5.11 Å². The number of nitro benzene ring substituents is 1. The van der Waals surface area contributed by atoms with Gasteiger partial charge in [-0.25, -0.2) is 4.39 Å². The molecule has 0 heterocycles. The highest BCUT2D eigenvalue weighted by molar-refractivity contribution is 5.35. The van der Waals surface area contributed by atoms with Gasteiger partial charge in [0.15, 0.2) is 0 Å². The van der Waals surface area contributed by atoms with Gasteiger partial charge in [0.2, 0.25) is 0 Å². The Bertz CT molecular complexity index is 412. The zero-order chi connectivity index (χ0) is 13.5. The molecule has 5 nitrogen and oxygen atoms in total. The molecule has 0 spiro atoms. The number of aliphatic hydroxyl groups excluding tert-OH is 1. The van der Waals surface area contributed by atoms with Gasteiger partial charge in [0, 0.05) is 19.2 Å². The number of rotatable bonds is 7. The van der Waals surface area contributed by atoms with Gasteiger partial charge in [-0.15, -0.1) is 0 Å². The van der Waals surface area contributed by atoms with Crippen LogP contribution in [-0.2, 0) is 6.54 Å². The Hall–Kier alpha value is -1.53. The number of non-ortho nitro benzene ring substituents is 1. The molecule has 0 saturated heterocycles. The van der Waals surface area contributed by atoms with E-state index in [9.17, 15) is 14.5 Å². The predicted molar refractivity (Wildman–Crippen MR) is 65.6 cm³/mol. The van der Waals surface area contributed by atoms with Crippen LogP contribution in [-0.4, -0.2) is 23.2 Å². The maximum Gasteiger partial charge on any atom is 0.272 e. The van der Waals surface area contributed by atoms with E-state index >= 15 is 0 Å². The summed E-state index contributed by atoms with van der Waals surface area (Å²) >= 11 is 0. The Morgan fingerprint density at radius 2 is 2.22 bits per heavy atom. The normalized spacial score (nSPS) is 12.4. The summed E-state index contributed by atoms with van der Waals surface area (Å²) < 4.78 is 13.1. The molecule has 0 fully saturated rings. The van der Waals surface area contributed by atoms with Crippen LogP contribution in [0.5, 0.6) is 0 Å². The van der Waals surface area contributed by atoms with Gasteiger partial charge in [-0.05, 0) is 30.5 Å². The molecule has 18 heavy (non-hydrogen) atoms. The van der Waals surface area contributed by atoms with Crippen molar-refractivity contribution < 1.29 is 14.4 Å². The SMILES string of the molecule is CC(CCO)CNCc1cc(F)cc([N+](=O)[O-])c1. The molecule has 1 rings (SSSR count). The standard InChI is InChI=1S/C12H17FN2O3/c1-9(2-3-16)7-14-8-10-4-11(13)6-12(5-10)15(17)18/h4-6,9,14,16H,2-3,7-8H2,1H3. The first-order valence-electron chi connectivity index (χ1n) is 5.78. The van der Waals surface area contributed by atoms with Crippen LogP contribution in [0.15, 0.2) is 18.2 Å². The molecule has 0 aliphatic heterocycles. The summed E-state index contributed by atoms with van der Waals surface area (Å²) in [5, 5.41) is 22.4. The van der Waals surface area contributed by atoms with Crippen molar-refractivity contribution in [2.24, 2.45) is 5.92 Å². The number of nitrogens with one attached hydrogen (secondary N) is 1. The van der Waals surface area contributed by atoms with Crippen LogP contribution in [0.3, 0.4) is 0 Å². The molecule has 1 atom stereocenters. The zero-order valence-corrected chi connectivity index (χ0v) is 10.2. The van der Waals surface area contributed by atoms with Gasteiger partial charge in [-0.2, -0.15) is 0 Å². The van der Waals surface area contributed by atoms with Crippen molar-refractivity contribution in [1.82, 2.24) is 5.32 Å². The smallest absolute Gasteiger partial charge is 0.272 e. The highest BCUT2D eigenvalue weighted by Crippen LogP contribution is 2.16. The van der Waals surface area contributed by atoms with E-state index in [1.165, 1.54) is 12.1 Å². The van der Waals surface area contributed by atoms with Crippen LogP contribution >= 0.6 is 0 Å². The zero-order valence-electron chi connectivity index (χ0n) is 10.2. The van der Waals surface area contributed by atoms with Crippen LogP contribution in [0.1, 0.15) is 18.9 Å². The number of hydrogen-bond donors (Lipinski definition) is 2. The highest BCUT2D eigenvalue weighted by atomic mass is 19.1. The lowest BCUT2D eigenvalue weighted by molar-refractivity contribution is -0.385. The van der Waals surface area contributed by atoms with E-state index in [0.29, 0.717) is 31.0 Å². The average Bonchev–Trinajstić information content (AvgIpc) is 2.28. The summed E-state index contributed by atoms with van der Waals surface area (Å²) in [6, 6.07) is 3.53. The Kier molecular flexibility index (Phi) is 5.67. The van der Waals surface area contributed by atoms with E-state index in [-0.39, 0.29) is 12.3 Å². The molecule has 0 radical (unpaired) electrons. The lowest BCUT2D eigenvalue weighted by Gasteiger charge is -2.11. The molecular weight excluding hydrogens is 239 g/mol. The van der Waals surface area contributed by atoms with Gasteiger partial charge in [0.25, 0.3) is 5.69 Å². The minimum absolute atomic E-state index is 0.133. The first kappa shape index (κ1) is 14.5. The van der Waals surface area contributed by atoms with Crippen molar-refractivity contribution in [2.45, 2.75) is 19.9 Å². The number of hydrogen-bond acceptors (Lipinski definition) is 4. The monoisotopic (exact) mass is 256 g/mol. The molecule has 0 aromatic heterocycles. The van der Waals surface area contributed by atoms with Crippen LogP contribution in [0.2, 0.25) is 0 Å². The summed E-state index contributed by atoms with van der Waals surface area (Å²) in [7, 11) is 0. The predicted octanol–water partition coefficient (Wildman–Crippen LogP) is 1.84. The molecule has 0 bridgehead atoms. The van der Waals surface area contributed by atoms with Crippen LogP contribution < -0.4 is 5.32 Å². The van der Waals surface area contributed by atoms with Crippen molar-refractivity contribution >= 4 is 5.69 Å². The number of halogens is 1. The summed E-state index contributed by atoms with van der Waals surface area (Å²) in [5.74, 6) is -0.303. The summed E-state index contributed by atoms with van der Waals surface area (Å²) in [5.41, 5.74) is 0.299. The first-order chi connectivity index (χ1) is 8.52. The van der Waals surface area contributed by atoms with Crippen molar-refractivity contribution in [3.05, 3.63) is 39.7 Å². The second kappa shape index (κ2) is 7.03. The molecular formula is C12H17FN2O3. The molecule has 0 amide bonds. The second-order valence-electron chi connectivity index (χ2n) is 4.32. The molecule has 6 heteroatoms. The molecule has 1 aromatic rings. The Labute approximate surface area is 105 Å². The molecule has 2 N–H and O–H groups in total. The third-order valence-corrected chi connectivity index (χ3v) is 2.60. The first-order valence-corrected chi connectivity index (χ1v) is 5.78. The molecule has 0 aliphatic rings. The number of nitro groups is 1. The lowest BCUT2D eigenvalue weighted by Crippen LogP contribution is -2.21. The van der Waals surface area contributed by atoms with Crippen molar-refractivity contribution in [3.8, 4) is 0 Å². The van der Waals surface area contributed by atoms with E-state index in [2.05, 4.69) is 5.32 Å². The molecule has 0 aliphatic carbocycles. The van der Waals surface area contributed by atoms with E-state index in [1.54, 1.807) is 0 Å². The largest absolute Gasteiger partial charge is 0.396 e. The highest BCUT2D eigenvalue weighted by Gasteiger charge is 2.09. The van der Waals surface area contributed by atoms with Gasteiger partial charge < -0.3 is 10.4 Å². The van der Waals surface area contributed by atoms with Gasteiger partial charge in [0.1, 0.15) is 5.82 Å². The fourth-order valence-corrected chi connectivity index (χ4v) is 1.63.